The first-order chi connectivity index (χ1) is 10.4. The Morgan fingerprint density at radius 2 is 0.913 bits per heavy atom. The Morgan fingerprint density at radius 1 is 0.652 bits per heavy atom. The highest BCUT2D eigenvalue weighted by Crippen LogP contribution is 2.08. The molecule has 0 aliphatic heterocycles. The van der Waals surface area contributed by atoms with Crippen LogP contribution in [0.25, 0.3) is 0 Å². The van der Waals surface area contributed by atoms with Crippen LogP contribution < -0.4 is 22.9 Å². The number of carbonyl (C=O) groups is 2. The molecule has 0 saturated carbocycles. The van der Waals surface area contributed by atoms with Crippen molar-refractivity contribution < 1.29 is 9.59 Å². The third-order valence-corrected chi connectivity index (χ3v) is 2.93. The average molecular weight is 337 g/mol. The van der Waals surface area contributed by atoms with E-state index in [0.29, 0.717) is 0 Å². The minimum absolute atomic E-state index is 0. The molecule has 0 unspecified atom stereocenters. The van der Waals surface area contributed by atoms with Crippen molar-refractivity contribution in [2.24, 2.45) is 22.9 Å². The molecule has 0 aromatic heterocycles. The van der Waals surface area contributed by atoms with E-state index in [0.717, 1.165) is 11.1 Å². The molecule has 124 valence electrons. The van der Waals surface area contributed by atoms with Gasteiger partial charge in [0.2, 0.25) is 11.8 Å². The molecule has 23 heavy (non-hydrogen) atoms. The number of hydrogen-bond donors (Lipinski definition) is 4. The van der Waals surface area contributed by atoms with E-state index in [1.165, 1.54) is 0 Å². The Labute approximate surface area is 141 Å². The van der Waals surface area contributed by atoms with Crippen molar-refractivity contribution in [1.29, 1.82) is 0 Å². The van der Waals surface area contributed by atoms with Gasteiger partial charge in [0, 0.05) is 0 Å². The van der Waals surface area contributed by atoms with Crippen LogP contribution in [0.1, 0.15) is 23.2 Å². The fourth-order valence-electron chi connectivity index (χ4n) is 1.65. The van der Waals surface area contributed by atoms with E-state index in [2.05, 4.69) is 0 Å². The zero-order valence-electron chi connectivity index (χ0n) is 12.5. The summed E-state index contributed by atoms with van der Waals surface area (Å²) in [5, 5.41) is 0. The third kappa shape index (κ3) is 6.92. The van der Waals surface area contributed by atoms with Crippen molar-refractivity contribution in [3.8, 4) is 0 Å². The molecule has 0 spiro atoms. The van der Waals surface area contributed by atoms with Gasteiger partial charge in [-0.2, -0.15) is 0 Å². The van der Waals surface area contributed by atoms with Crippen LogP contribution in [0.5, 0.6) is 0 Å². The highest BCUT2D eigenvalue weighted by molar-refractivity contribution is 5.85. The van der Waals surface area contributed by atoms with Gasteiger partial charge in [-0.25, -0.2) is 0 Å². The van der Waals surface area contributed by atoms with Gasteiger partial charge in [0.15, 0.2) is 0 Å². The summed E-state index contributed by atoms with van der Waals surface area (Å²) >= 11 is 0. The molecule has 6 nitrogen and oxygen atoms in total. The van der Waals surface area contributed by atoms with Gasteiger partial charge in [-0.3, -0.25) is 9.59 Å². The monoisotopic (exact) mass is 336 g/mol. The Balaban J connectivity index is 0.000000403. The standard InChI is InChI=1S/2C8H10N2O.ClH/c2*9-7(8(10)11)6-4-2-1-3-5-6;/h2*1-5,7H,9H2,(H2,10,11);1H/t2*7-;/m11./s1. The Hall–Kier alpha value is -2.41. The molecule has 2 aromatic carbocycles. The lowest BCUT2D eigenvalue weighted by Gasteiger charge is -2.05. The van der Waals surface area contributed by atoms with Gasteiger partial charge in [-0.15, -0.1) is 12.4 Å². The first-order valence-electron chi connectivity index (χ1n) is 6.63. The lowest BCUT2D eigenvalue weighted by atomic mass is 10.1. The molecular formula is C16H21ClN4O2. The number of nitrogens with two attached hydrogens (primary N) is 4. The van der Waals surface area contributed by atoms with Crippen LogP contribution in [0.2, 0.25) is 0 Å². The predicted molar refractivity (Wildman–Crippen MR) is 92.4 cm³/mol. The van der Waals surface area contributed by atoms with E-state index >= 15 is 0 Å². The highest BCUT2D eigenvalue weighted by atomic mass is 35.5. The van der Waals surface area contributed by atoms with Gasteiger partial charge in [-0.05, 0) is 11.1 Å². The van der Waals surface area contributed by atoms with E-state index in [-0.39, 0.29) is 12.4 Å². The van der Waals surface area contributed by atoms with E-state index < -0.39 is 23.9 Å². The summed E-state index contributed by atoms with van der Waals surface area (Å²) in [4.78, 5) is 21.2. The molecule has 2 amide bonds. The number of primary amides is 2. The van der Waals surface area contributed by atoms with Crippen molar-refractivity contribution in [2.45, 2.75) is 12.1 Å². The van der Waals surface area contributed by atoms with Crippen LogP contribution >= 0.6 is 12.4 Å². The molecule has 0 aliphatic carbocycles. The fraction of sp³-hybridized carbons (Fsp3) is 0.125. The summed E-state index contributed by atoms with van der Waals surface area (Å²) in [6.07, 6.45) is 0. The molecule has 0 aliphatic rings. The second-order valence-electron chi connectivity index (χ2n) is 4.58. The molecule has 0 heterocycles. The van der Waals surface area contributed by atoms with E-state index in [1.54, 1.807) is 24.3 Å². The smallest absolute Gasteiger partial charge is 0.238 e. The highest BCUT2D eigenvalue weighted by Gasteiger charge is 2.10. The SMILES string of the molecule is Cl.NC(=O)[C@H](N)c1ccccc1.NC(=O)[C@H](N)c1ccccc1. The average Bonchev–Trinajstić information content (AvgIpc) is 2.55. The van der Waals surface area contributed by atoms with Gasteiger partial charge in [0.25, 0.3) is 0 Å². The minimum Gasteiger partial charge on any atom is -0.368 e. The van der Waals surface area contributed by atoms with Crippen LogP contribution in [-0.2, 0) is 9.59 Å². The van der Waals surface area contributed by atoms with Crippen LogP contribution in [0.4, 0.5) is 0 Å². The number of carbonyl (C=O) groups excluding carboxylic acids is 2. The van der Waals surface area contributed by atoms with Crippen molar-refractivity contribution in [3.63, 3.8) is 0 Å². The summed E-state index contributed by atoms with van der Waals surface area (Å²) in [5.74, 6) is -1.01. The zero-order valence-corrected chi connectivity index (χ0v) is 13.3. The summed E-state index contributed by atoms with van der Waals surface area (Å²) in [6.45, 7) is 0. The maximum atomic E-state index is 10.6. The van der Waals surface area contributed by atoms with Crippen LogP contribution in [0.15, 0.2) is 60.7 Å². The second-order valence-corrected chi connectivity index (χ2v) is 4.58. The molecule has 0 radical (unpaired) electrons. The predicted octanol–water partition coefficient (Wildman–Crippen LogP) is 0.765. The number of amides is 2. The molecule has 2 aromatic rings. The summed E-state index contributed by atoms with van der Waals surface area (Å²) in [7, 11) is 0. The van der Waals surface area contributed by atoms with Crippen molar-refractivity contribution >= 4 is 24.2 Å². The van der Waals surface area contributed by atoms with Gasteiger partial charge < -0.3 is 22.9 Å². The number of rotatable bonds is 4. The quantitative estimate of drug-likeness (QED) is 0.654. The lowest BCUT2D eigenvalue weighted by Crippen LogP contribution is -2.27. The molecule has 7 heteroatoms. The largest absolute Gasteiger partial charge is 0.368 e. The fourth-order valence-corrected chi connectivity index (χ4v) is 1.65. The second kappa shape index (κ2) is 10.3. The molecule has 2 atom stereocenters. The van der Waals surface area contributed by atoms with Crippen molar-refractivity contribution in [3.05, 3.63) is 71.8 Å². The van der Waals surface area contributed by atoms with Crippen LogP contribution in [0, 0.1) is 0 Å². The Morgan fingerprint density at radius 3 is 1.13 bits per heavy atom. The summed E-state index contributed by atoms with van der Waals surface area (Å²) in [6, 6.07) is 16.7. The first-order valence-corrected chi connectivity index (χ1v) is 6.63. The van der Waals surface area contributed by atoms with Gasteiger partial charge in [-0.1, -0.05) is 60.7 Å². The minimum atomic E-state index is -0.684. The molecule has 0 fully saturated rings. The van der Waals surface area contributed by atoms with E-state index in [4.69, 9.17) is 22.9 Å². The number of hydrogen-bond acceptors (Lipinski definition) is 4. The lowest BCUT2D eigenvalue weighted by molar-refractivity contribution is -0.120. The Bertz CT molecular complexity index is 552. The molecule has 2 rings (SSSR count). The van der Waals surface area contributed by atoms with E-state index in [1.807, 2.05) is 36.4 Å². The third-order valence-electron chi connectivity index (χ3n) is 2.93. The van der Waals surface area contributed by atoms with E-state index in [9.17, 15) is 9.59 Å². The van der Waals surface area contributed by atoms with Crippen LogP contribution in [0.3, 0.4) is 0 Å². The zero-order chi connectivity index (χ0) is 16.5. The molecular weight excluding hydrogens is 316 g/mol. The summed E-state index contributed by atoms with van der Waals surface area (Å²) < 4.78 is 0. The molecule has 8 N–H and O–H groups in total. The Kier molecular flexibility index (Phi) is 9.26. The maximum Gasteiger partial charge on any atom is 0.238 e. The van der Waals surface area contributed by atoms with Gasteiger partial charge >= 0.3 is 0 Å². The first kappa shape index (κ1) is 20.6. The number of benzene rings is 2. The number of halogens is 1. The molecule has 0 saturated heterocycles. The topological polar surface area (TPSA) is 138 Å². The molecule has 0 bridgehead atoms. The summed E-state index contributed by atoms with van der Waals surface area (Å²) in [5.41, 5.74) is 22.4. The normalized spacial score (nSPS) is 11.9. The van der Waals surface area contributed by atoms with Gasteiger partial charge in [0.05, 0.1) is 0 Å². The maximum absolute atomic E-state index is 10.6. The van der Waals surface area contributed by atoms with Gasteiger partial charge in [0.1, 0.15) is 12.1 Å². The van der Waals surface area contributed by atoms with Crippen LogP contribution in [-0.4, -0.2) is 11.8 Å². The van der Waals surface area contributed by atoms with Crippen molar-refractivity contribution in [1.82, 2.24) is 0 Å². The van der Waals surface area contributed by atoms with Crippen molar-refractivity contribution in [2.75, 3.05) is 0 Å².